The Morgan fingerprint density at radius 3 is 0.733 bits per heavy atom. The zero-order valence-corrected chi connectivity index (χ0v) is 43.3. The number of nitrogen functional groups attached to an aromatic ring is 2. The third-order valence-electron chi connectivity index (χ3n) is 6.91. The monoisotopic (exact) mass is 1530 g/mol. The number of aliphatic hydroxyl groups is 9. The maximum absolute atomic E-state index is 12.5. The highest BCUT2D eigenvalue weighted by Gasteiger charge is 2.29. The van der Waals surface area contributed by atoms with Gasteiger partial charge < -0.3 is 88.9 Å². The third-order valence-corrected chi connectivity index (χ3v) is 13.6. The average molecular weight is 1530 g/mol. The summed E-state index contributed by atoms with van der Waals surface area (Å²) in [4.78, 5) is 68.9. The van der Waals surface area contributed by atoms with Crippen LogP contribution < -0.4 is 32.7 Å². The van der Waals surface area contributed by atoms with Gasteiger partial charge in [-0.15, -0.1) is 0 Å². The van der Waals surface area contributed by atoms with E-state index in [1.165, 1.54) is 0 Å². The molecule has 2 aromatic rings. The van der Waals surface area contributed by atoms with Crippen LogP contribution in [0.2, 0.25) is 0 Å². The SMILES string of the molecule is Nc1c(I)c(C(=O)NCC(O)CO)c(I)c(C(=O)NCC(O)CO)c1I.Nc1c(I)c(C(=O)NCC(O)CO)c(I)c(C(=O)NCC(O)CO)c1I.O=C(O)C(O)C(=O)O. The molecule has 2 rings (SSSR count). The summed E-state index contributed by atoms with van der Waals surface area (Å²) in [6, 6.07) is 0. The van der Waals surface area contributed by atoms with Crippen LogP contribution >= 0.6 is 136 Å². The van der Waals surface area contributed by atoms with Crippen LogP contribution in [0.3, 0.4) is 0 Å². The van der Waals surface area contributed by atoms with Crippen molar-refractivity contribution < 1.29 is 84.9 Å². The van der Waals surface area contributed by atoms with Gasteiger partial charge in [0.2, 0.25) is 6.10 Å². The normalized spacial score (nSPS) is 12.7. The van der Waals surface area contributed by atoms with Crippen LogP contribution in [0.1, 0.15) is 41.4 Å². The Balaban J connectivity index is 0.000000982. The molecule has 0 spiro atoms. The molecule has 0 bridgehead atoms. The number of hydrogen-bond donors (Lipinski definition) is 17. The number of anilines is 2. The van der Waals surface area contributed by atoms with E-state index < -0.39 is 92.5 Å². The fraction of sp³-hybridized carbons (Fsp3) is 0.419. The molecule has 0 heterocycles. The molecule has 23 nitrogen and oxygen atoms in total. The predicted octanol–water partition coefficient (Wildman–Crippen LogP) is -2.99. The minimum Gasteiger partial charge on any atom is -0.479 e. The quantitative estimate of drug-likeness (QED) is 0.0402. The number of halogens is 6. The number of hydrogen-bond acceptors (Lipinski definition) is 17. The Labute approximate surface area is 422 Å². The molecule has 60 heavy (non-hydrogen) atoms. The fourth-order valence-electron chi connectivity index (χ4n) is 3.72. The number of nitrogens with one attached hydrogen (secondary N) is 4. The van der Waals surface area contributed by atoms with Crippen molar-refractivity contribution in [2.75, 3.05) is 64.1 Å². The highest BCUT2D eigenvalue weighted by molar-refractivity contribution is 14.1. The number of carbonyl (C=O) groups excluding carboxylic acids is 4. The zero-order valence-electron chi connectivity index (χ0n) is 30.3. The number of benzene rings is 2. The minimum absolute atomic E-state index is 0.155. The third kappa shape index (κ3) is 18.2. The standard InChI is InChI=1S/2C14H18I3N3O6.C3H4O5/c2*15-9-7(13(25)19-1-5(23)3-21)10(16)12(18)11(17)8(9)14(26)20-2-6(24)4-22;4-1(2(5)6)3(7)8/h2*5-6,21-24H,1-4,18H2,(H,19,25)(H,20,26);1,4H,(H,5,6)(H,7,8). The largest absolute Gasteiger partial charge is 0.479 e. The molecule has 0 aliphatic carbocycles. The van der Waals surface area contributed by atoms with E-state index in [1.54, 1.807) is 0 Å². The van der Waals surface area contributed by atoms with Crippen molar-refractivity contribution in [3.8, 4) is 0 Å². The van der Waals surface area contributed by atoms with E-state index in [0.29, 0.717) is 21.4 Å². The van der Waals surface area contributed by atoms with Crippen molar-refractivity contribution in [3.63, 3.8) is 0 Å². The highest BCUT2D eigenvalue weighted by Crippen LogP contribution is 2.35. The van der Waals surface area contributed by atoms with Gasteiger partial charge in [0.1, 0.15) is 0 Å². The van der Waals surface area contributed by atoms with E-state index >= 15 is 0 Å². The van der Waals surface area contributed by atoms with E-state index in [0.717, 1.165) is 0 Å². The highest BCUT2D eigenvalue weighted by atomic mass is 127. The molecular weight excluding hydrogens is 1490 g/mol. The topological polar surface area (TPSA) is 425 Å². The fourth-order valence-corrected chi connectivity index (χ4v) is 12.0. The molecule has 338 valence electrons. The summed E-state index contributed by atoms with van der Waals surface area (Å²) in [5, 5.41) is 106. The van der Waals surface area contributed by atoms with Crippen molar-refractivity contribution >= 4 is 182 Å². The molecule has 0 saturated carbocycles. The summed E-state index contributed by atoms with van der Waals surface area (Å²) in [6.07, 6.45) is -6.69. The number of rotatable bonds is 18. The molecule has 0 radical (unpaired) electrons. The molecule has 4 amide bonds. The lowest BCUT2D eigenvalue weighted by Crippen LogP contribution is -2.37. The number of aliphatic hydroxyl groups excluding tert-OH is 9. The van der Waals surface area contributed by atoms with E-state index in [9.17, 15) is 49.2 Å². The summed E-state index contributed by atoms with van der Waals surface area (Å²) in [5.41, 5.74) is 13.3. The first-order chi connectivity index (χ1) is 27.9. The first-order valence-electron chi connectivity index (χ1n) is 16.2. The molecule has 4 unspecified atom stereocenters. The minimum atomic E-state index is -2.30. The molecule has 2 aromatic carbocycles. The van der Waals surface area contributed by atoms with Gasteiger partial charge in [-0.2, -0.15) is 0 Å². The number of amides is 4. The lowest BCUT2D eigenvalue weighted by molar-refractivity contribution is -0.161. The Kier molecular flexibility index (Phi) is 28.8. The van der Waals surface area contributed by atoms with Crippen molar-refractivity contribution in [1.29, 1.82) is 0 Å². The van der Waals surface area contributed by atoms with Crippen LogP contribution in [-0.2, 0) is 9.59 Å². The van der Waals surface area contributed by atoms with E-state index in [1.807, 2.05) is 136 Å². The average Bonchev–Trinajstić information content (AvgIpc) is 3.21. The number of carboxylic acid groups (broad SMARTS) is 2. The first-order valence-corrected chi connectivity index (χ1v) is 22.7. The van der Waals surface area contributed by atoms with Gasteiger partial charge in [0.15, 0.2) is 0 Å². The molecule has 29 heteroatoms. The molecular formula is C31H40I6N6O17. The van der Waals surface area contributed by atoms with Gasteiger partial charge in [-0.1, -0.05) is 0 Å². The summed E-state index contributed by atoms with van der Waals surface area (Å²) < 4.78 is 2.55. The lowest BCUT2D eigenvalue weighted by atomic mass is 10.1. The van der Waals surface area contributed by atoms with Crippen LogP contribution in [0.5, 0.6) is 0 Å². The molecule has 0 aromatic heterocycles. The summed E-state index contributed by atoms with van der Waals surface area (Å²) >= 11 is 11.3. The molecule has 0 saturated heterocycles. The van der Waals surface area contributed by atoms with Gasteiger partial charge in [0, 0.05) is 33.3 Å². The van der Waals surface area contributed by atoms with Crippen LogP contribution in [0.15, 0.2) is 0 Å². The van der Waals surface area contributed by atoms with Gasteiger partial charge in [-0.05, 0) is 136 Å². The molecule has 0 fully saturated rings. The van der Waals surface area contributed by atoms with E-state index in [-0.39, 0.29) is 59.8 Å². The molecule has 0 aliphatic rings. The lowest BCUT2D eigenvalue weighted by Gasteiger charge is -2.18. The number of aliphatic carboxylic acids is 2. The number of nitrogens with two attached hydrogens (primary N) is 2. The van der Waals surface area contributed by atoms with Gasteiger partial charge in [0.25, 0.3) is 23.6 Å². The smallest absolute Gasteiger partial charge is 0.344 e. The van der Waals surface area contributed by atoms with Crippen LogP contribution in [0, 0.1) is 21.4 Å². The molecule has 0 aliphatic heterocycles. The maximum Gasteiger partial charge on any atom is 0.344 e. The van der Waals surface area contributed by atoms with Crippen molar-refractivity contribution in [1.82, 2.24) is 21.3 Å². The van der Waals surface area contributed by atoms with Crippen molar-refractivity contribution in [3.05, 3.63) is 43.7 Å². The first kappa shape index (κ1) is 58.9. The Hall–Kier alpha value is -1.12. The van der Waals surface area contributed by atoms with Gasteiger partial charge in [0.05, 0.1) is 98.8 Å². The Bertz CT molecular complexity index is 1630. The van der Waals surface area contributed by atoms with Gasteiger partial charge in [-0.25, -0.2) is 9.59 Å². The van der Waals surface area contributed by atoms with E-state index in [2.05, 4.69) is 21.3 Å². The maximum atomic E-state index is 12.5. The van der Waals surface area contributed by atoms with Crippen LogP contribution in [-0.4, -0.2) is 175 Å². The summed E-state index contributed by atoms with van der Waals surface area (Å²) in [7, 11) is 0. The van der Waals surface area contributed by atoms with Crippen LogP contribution in [0.25, 0.3) is 0 Å². The summed E-state index contributed by atoms with van der Waals surface area (Å²) in [5.74, 6) is -5.68. The summed E-state index contributed by atoms with van der Waals surface area (Å²) in [6.45, 7) is -2.60. The van der Waals surface area contributed by atoms with Crippen LogP contribution in [0.4, 0.5) is 11.4 Å². The second kappa shape index (κ2) is 29.3. The van der Waals surface area contributed by atoms with Gasteiger partial charge in [-0.3, -0.25) is 19.2 Å². The second-order valence-electron chi connectivity index (χ2n) is 11.5. The van der Waals surface area contributed by atoms with E-state index in [4.69, 9.17) is 47.2 Å². The van der Waals surface area contributed by atoms with Crippen molar-refractivity contribution in [2.24, 2.45) is 0 Å². The second-order valence-corrected chi connectivity index (χ2v) is 17.9. The Morgan fingerprint density at radius 2 is 0.600 bits per heavy atom. The van der Waals surface area contributed by atoms with Gasteiger partial charge >= 0.3 is 11.9 Å². The number of carboxylic acids is 2. The van der Waals surface area contributed by atoms with Crippen molar-refractivity contribution in [2.45, 2.75) is 30.5 Å². The Morgan fingerprint density at radius 1 is 0.417 bits per heavy atom. The molecule has 19 N–H and O–H groups in total. The predicted molar refractivity (Wildman–Crippen MR) is 261 cm³/mol. The molecule has 4 atom stereocenters. The number of carbonyl (C=O) groups is 6. The zero-order chi connectivity index (χ0) is 46.8.